The maximum atomic E-state index is 13.2. The first-order valence-electron chi connectivity index (χ1n) is 14.9. The molecule has 0 unspecified atom stereocenters. The van der Waals surface area contributed by atoms with Gasteiger partial charge in [-0.3, -0.25) is 0 Å². The number of anilines is 2. The number of sulfonamides is 1. The molecular weight excluding hydrogens is 656 g/mol. The Morgan fingerprint density at radius 3 is 2.11 bits per heavy atom. The van der Waals surface area contributed by atoms with Gasteiger partial charge in [0.05, 0.1) is 11.2 Å². The Balaban J connectivity index is 0.00000230. The average Bonchev–Trinajstić information content (AvgIpc) is 3.65. The number of halogens is 5. The van der Waals surface area contributed by atoms with Crippen LogP contribution in [0.15, 0.2) is 35.5 Å². The zero-order valence-corrected chi connectivity index (χ0v) is 27.0. The lowest BCUT2D eigenvalue weighted by molar-refractivity contribution is -0.274. The summed E-state index contributed by atoms with van der Waals surface area (Å²) in [6.07, 6.45) is 6.41. The van der Waals surface area contributed by atoms with E-state index in [2.05, 4.69) is 19.9 Å². The Labute approximate surface area is 272 Å². The van der Waals surface area contributed by atoms with Gasteiger partial charge < -0.3 is 25.7 Å². The molecule has 3 aromatic rings. The van der Waals surface area contributed by atoms with E-state index < -0.39 is 22.1 Å². The molecule has 2 saturated carbocycles. The van der Waals surface area contributed by atoms with Crippen molar-refractivity contribution in [3.8, 4) is 5.75 Å². The molecule has 3 heterocycles. The van der Waals surface area contributed by atoms with Gasteiger partial charge in [-0.1, -0.05) is 12.8 Å². The number of nitrogens with zero attached hydrogens (tertiary/aromatic N) is 5. The molecule has 1 saturated heterocycles. The maximum absolute atomic E-state index is 13.2. The topological polar surface area (TPSA) is 140 Å². The number of nitrogens with two attached hydrogens (primary N) is 1. The first kappa shape index (κ1) is 35.3. The van der Waals surface area contributed by atoms with Gasteiger partial charge in [-0.25, -0.2) is 13.4 Å². The van der Waals surface area contributed by atoms with Crippen LogP contribution in [-0.2, 0) is 10.0 Å². The van der Waals surface area contributed by atoms with Gasteiger partial charge in [-0.05, 0) is 75.6 Å². The standard InChI is InChI=1S/C28H37F3N8O3S.2ClH/c29-28(30,31)42-22-9-11-23(12-10-22)43(40,41)38-15-13-20(14-16-38)34-25-24-26(39(17-33-24)21-3-1-2-4-21)37-27(36-25)35-19-7-5-18(32)6-8-19;;/h9-12,17-21H,1-8,13-16,32H2,(H2,34,35,36,37);2*1H. The molecule has 6 rings (SSSR count). The minimum atomic E-state index is -4.85. The van der Waals surface area contributed by atoms with Crippen LogP contribution in [-0.4, -0.2) is 69.8 Å². The normalized spacial score (nSPS) is 22.0. The monoisotopic (exact) mass is 694 g/mol. The Bertz CT molecular complexity index is 1520. The van der Waals surface area contributed by atoms with E-state index in [1.54, 1.807) is 0 Å². The van der Waals surface area contributed by atoms with E-state index >= 15 is 0 Å². The zero-order chi connectivity index (χ0) is 30.2. The molecule has 4 N–H and O–H groups in total. The Hall–Kier alpha value is -2.59. The lowest BCUT2D eigenvalue weighted by Crippen LogP contribution is -2.42. The van der Waals surface area contributed by atoms with Crippen molar-refractivity contribution in [1.29, 1.82) is 0 Å². The molecule has 45 heavy (non-hydrogen) atoms. The predicted molar refractivity (Wildman–Crippen MR) is 170 cm³/mol. The summed E-state index contributed by atoms with van der Waals surface area (Å²) in [5.41, 5.74) is 7.58. The number of hydrogen-bond donors (Lipinski definition) is 3. The van der Waals surface area contributed by atoms with Gasteiger partial charge in [0.15, 0.2) is 17.0 Å². The molecule has 2 aliphatic carbocycles. The fourth-order valence-electron chi connectivity index (χ4n) is 6.37. The second-order valence-corrected chi connectivity index (χ2v) is 13.7. The van der Waals surface area contributed by atoms with Crippen LogP contribution in [0.2, 0.25) is 0 Å². The van der Waals surface area contributed by atoms with Gasteiger partial charge in [0.2, 0.25) is 16.0 Å². The smallest absolute Gasteiger partial charge is 0.406 e. The third kappa shape index (κ3) is 8.23. The number of fused-ring (bicyclic) bond motifs is 1. The van der Waals surface area contributed by atoms with Crippen molar-refractivity contribution in [2.45, 2.75) is 99.6 Å². The van der Waals surface area contributed by atoms with Crippen molar-refractivity contribution in [2.75, 3.05) is 23.7 Å². The molecule has 1 aromatic carbocycles. The zero-order valence-electron chi connectivity index (χ0n) is 24.6. The van der Waals surface area contributed by atoms with Crippen LogP contribution in [0.4, 0.5) is 24.9 Å². The van der Waals surface area contributed by atoms with Crippen molar-refractivity contribution in [3.05, 3.63) is 30.6 Å². The fraction of sp³-hybridized carbons (Fsp3) is 0.607. The Morgan fingerprint density at radius 2 is 1.49 bits per heavy atom. The molecular formula is C28H39Cl2F3N8O3S. The predicted octanol–water partition coefficient (Wildman–Crippen LogP) is 5.63. The summed E-state index contributed by atoms with van der Waals surface area (Å²) in [5, 5.41) is 7.04. The van der Waals surface area contributed by atoms with Crippen LogP contribution < -0.4 is 21.1 Å². The van der Waals surface area contributed by atoms with Crippen LogP contribution in [0.25, 0.3) is 11.2 Å². The number of aromatic nitrogens is 4. The van der Waals surface area contributed by atoms with E-state index in [1.807, 2.05) is 6.33 Å². The number of piperidine rings is 1. The average molecular weight is 696 g/mol. The van der Waals surface area contributed by atoms with Gasteiger partial charge in [-0.15, -0.1) is 38.0 Å². The largest absolute Gasteiger partial charge is 0.573 e. The van der Waals surface area contributed by atoms with Gasteiger partial charge in [0, 0.05) is 37.3 Å². The summed E-state index contributed by atoms with van der Waals surface area (Å²) in [6, 6.07) is 5.07. The van der Waals surface area contributed by atoms with Crippen molar-refractivity contribution >= 4 is 57.8 Å². The molecule has 11 nitrogen and oxygen atoms in total. The van der Waals surface area contributed by atoms with Crippen molar-refractivity contribution < 1.29 is 26.3 Å². The molecule has 3 fully saturated rings. The number of nitrogens with one attached hydrogen (secondary N) is 2. The summed E-state index contributed by atoms with van der Waals surface area (Å²) >= 11 is 0. The van der Waals surface area contributed by atoms with Crippen molar-refractivity contribution in [2.24, 2.45) is 5.73 Å². The molecule has 3 aliphatic rings. The number of hydrogen-bond acceptors (Lipinski definition) is 9. The maximum Gasteiger partial charge on any atom is 0.573 e. The van der Waals surface area contributed by atoms with Crippen LogP contribution >= 0.6 is 24.8 Å². The molecule has 250 valence electrons. The molecule has 0 spiro atoms. The van der Waals surface area contributed by atoms with Crippen molar-refractivity contribution in [1.82, 2.24) is 23.8 Å². The third-order valence-corrected chi connectivity index (χ3v) is 10.6. The number of imidazole rings is 1. The highest BCUT2D eigenvalue weighted by Crippen LogP contribution is 2.34. The van der Waals surface area contributed by atoms with E-state index in [9.17, 15) is 21.6 Å². The first-order valence-corrected chi connectivity index (χ1v) is 16.4. The quantitative estimate of drug-likeness (QED) is 0.274. The highest BCUT2D eigenvalue weighted by atomic mass is 35.5. The summed E-state index contributed by atoms with van der Waals surface area (Å²) in [5.74, 6) is 0.702. The Kier molecular flexibility index (Phi) is 11.3. The molecule has 2 aromatic heterocycles. The van der Waals surface area contributed by atoms with E-state index in [-0.39, 0.29) is 60.9 Å². The minimum absolute atomic E-state index is 0. The SMILES string of the molecule is Cl.Cl.NC1CCC(Nc2nc(NC3CCN(S(=O)(=O)c4ccc(OC(F)(F)F)cc4)CC3)c3ncn(C4CCCC4)c3n2)CC1. The summed E-state index contributed by atoms with van der Waals surface area (Å²) < 4.78 is 71.2. The van der Waals surface area contributed by atoms with Crippen LogP contribution in [0, 0.1) is 0 Å². The number of alkyl halides is 3. The molecule has 0 amide bonds. The second-order valence-electron chi connectivity index (χ2n) is 11.8. The summed E-state index contributed by atoms with van der Waals surface area (Å²) in [6.45, 7) is 0.498. The van der Waals surface area contributed by atoms with Gasteiger partial charge >= 0.3 is 6.36 Å². The van der Waals surface area contributed by atoms with E-state index in [0.29, 0.717) is 36.2 Å². The van der Waals surface area contributed by atoms with Gasteiger partial charge in [0.1, 0.15) is 5.75 Å². The number of benzene rings is 1. The lowest BCUT2D eigenvalue weighted by atomic mass is 9.92. The van der Waals surface area contributed by atoms with E-state index in [1.165, 1.54) is 17.1 Å². The summed E-state index contributed by atoms with van der Waals surface area (Å²) in [4.78, 5) is 14.3. The lowest BCUT2D eigenvalue weighted by Gasteiger charge is -2.32. The van der Waals surface area contributed by atoms with Crippen LogP contribution in [0.5, 0.6) is 5.75 Å². The van der Waals surface area contributed by atoms with E-state index in [4.69, 9.17) is 20.7 Å². The van der Waals surface area contributed by atoms with Crippen LogP contribution in [0.1, 0.15) is 70.3 Å². The molecule has 0 atom stereocenters. The molecule has 0 bridgehead atoms. The first-order chi connectivity index (χ1) is 20.5. The number of rotatable bonds is 8. The second kappa shape index (κ2) is 14.4. The summed E-state index contributed by atoms with van der Waals surface area (Å²) in [7, 11) is -3.88. The molecule has 1 aliphatic heterocycles. The van der Waals surface area contributed by atoms with Crippen molar-refractivity contribution in [3.63, 3.8) is 0 Å². The third-order valence-electron chi connectivity index (χ3n) is 8.73. The fourth-order valence-corrected chi connectivity index (χ4v) is 7.84. The highest BCUT2D eigenvalue weighted by molar-refractivity contribution is 7.89. The Morgan fingerprint density at radius 1 is 0.867 bits per heavy atom. The minimum Gasteiger partial charge on any atom is -0.406 e. The highest BCUT2D eigenvalue weighted by Gasteiger charge is 2.33. The molecule has 0 radical (unpaired) electrons. The van der Waals surface area contributed by atoms with Crippen LogP contribution in [0.3, 0.4) is 0 Å². The van der Waals surface area contributed by atoms with E-state index in [0.717, 1.165) is 68.4 Å². The number of ether oxygens (including phenoxy) is 1. The van der Waals surface area contributed by atoms with Gasteiger partial charge in [0.25, 0.3) is 0 Å². The van der Waals surface area contributed by atoms with Gasteiger partial charge in [-0.2, -0.15) is 14.3 Å². The molecule has 17 heteroatoms.